The van der Waals surface area contributed by atoms with Gasteiger partial charge < -0.3 is 5.11 Å². The van der Waals surface area contributed by atoms with Crippen molar-refractivity contribution in [1.29, 1.82) is 0 Å². The first-order chi connectivity index (χ1) is 3.18. The monoisotopic (exact) mass is 140 g/mol. The van der Waals surface area contributed by atoms with E-state index in [1.165, 1.54) is 0 Å². The van der Waals surface area contributed by atoms with Gasteiger partial charge in [-0.25, -0.2) is 0 Å². The largest absolute Gasteiger partial charge is 0.392 e. The maximum Gasteiger partial charge on any atom is 0.0639 e. The molecule has 2 atom stereocenters. The normalized spacial score (nSPS) is 18.9. The molecule has 2 unspecified atom stereocenters. The van der Waals surface area contributed by atoms with E-state index in [4.69, 9.17) is 16.7 Å². The lowest BCUT2D eigenvalue weighted by Crippen LogP contribution is -2.17. The minimum Gasteiger partial charge on any atom is -0.392 e. The molecule has 0 saturated carbocycles. The number of hydrogen-bond donors (Lipinski definition) is 2. The number of aliphatic hydroxyl groups is 1. The third kappa shape index (κ3) is 3.21. The van der Waals surface area contributed by atoms with Crippen LogP contribution in [0.15, 0.2) is 0 Å². The molecule has 0 aromatic heterocycles. The van der Waals surface area contributed by atoms with Crippen LogP contribution in [0.4, 0.5) is 0 Å². The van der Waals surface area contributed by atoms with E-state index in [1.807, 2.05) is 0 Å². The Kier molecular flexibility index (Phi) is 3.89. The fraction of sp³-hybridized carbons (Fsp3) is 1.00. The van der Waals surface area contributed by atoms with Crippen molar-refractivity contribution in [2.24, 2.45) is 0 Å². The molecule has 0 radical (unpaired) electrons. The summed E-state index contributed by atoms with van der Waals surface area (Å²) in [7, 11) is 0. The van der Waals surface area contributed by atoms with Crippen molar-refractivity contribution < 1.29 is 5.11 Å². The molecule has 0 saturated heterocycles. The standard InChI is InChI=1S/C4H9ClOS/c1-3(6)4(7)2-5/h3-4,6-7H,2H2,1H3. The maximum absolute atomic E-state index is 8.66. The number of hydrogen-bond acceptors (Lipinski definition) is 2. The van der Waals surface area contributed by atoms with Crippen LogP contribution >= 0.6 is 24.2 Å². The summed E-state index contributed by atoms with van der Waals surface area (Å²) in [5.74, 6) is 0.404. The van der Waals surface area contributed by atoms with Gasteiger partial charge in [0.15, 0.2) is 0 Å². The summed E-state index contributed by atoms with van der Waals surface area (Å²) in [5.41, 5.74) is 0. The van der Waals surface area contributed by atoms with Crippen LogP contribution < -0.4 is 0 Å². The Balaban J connectivity index is 3.14. The van der Waals surface area contributed by atoms with Gasteiger partial charge in [0.2, 0.25) is 0 Å². The van der Waals surface area contributed by atoms with Crippen LogP contribution in [0.2, 0.25) is 0 Å². The zero-order valence-corrected chi connectivity index (χ0v) is 5.78. The Bertz CT molecular complexity index is 49.0. The minimum atomic E-state index is -0.402. The van der Waals surface area contributed by atoms with Crippen LogP contribution in [0.25, 0.3) is 0 Å². The van der Waals surface area contributed by atoms with Gasteiger partial charge in [-0.15, -0.1) is 11.6 Å². The molecule has 3 heteroatoms. The number of thiol groups is 1. The van der Waals surface area contributed by atoms with Crippen molar-refractivity contribution in [2.75, 3.05) is 5.88 Å². The van der Waals surface area contributed by atoms with Crippen molar-refractivity contribution >= 4 is 24.2 Å². The van der Waals surface area contributed by atoms with E-state index in [2.05, 4.69) is 12.6 Å². The molecular weight excluding hydrogens is 132 g/mol. The molecule has 0 aromatic rings. The molecule has 0 rings (SSSR count). The Morgan fingerprint density at radius 3 is 2.29 bits per heavy atom. The highest BCUT2D eigenvalue weighted by Gasteiger charge is 2.05. The zero-order chi connectivity index (χ0) is 5.86. The van der Waals surface area contributed by atoms with Gasteiger partial charge in [0.1, 0.15) is 0 Å². The van der Waals surface area contributed by atoms with E-state index in [9.17, 15) is 0 Å². The summed E-state index contributed by atoms with van der Waals surface area (Å²) >= 11 is 9.25. The van der Waals surface area contributed by atoms with Gasteiger partial charge in [0.05, 0.1) is 6.10 Å². The van der Waals surface area contributed by atoms with Crippen molar-refractivity contribution in [2.45, 2.75) is 18.3 Å². The SMILES string of the molecule is CC(O)C(S)CCl. The average Bonchev–Trinajstić information content (AvgIpc) is 1.65. The Hall–Kier alpha value is 0.600. The average molecular weight is 141 g/mol. The number of halogens is 1. The van der Waals surface area contributed by atoms with Crippen LogP contribution in [-0.4, -0.2) is 22.3 Å². The molecule has 1 N–H and O–H groups in total. The fourth-order valence-electron chi connectivity index (χ4n) is 0.129. The first-order valence-electron chi connectivity index (χ1n) is 2.10. The molecule has 0 amide bonds. The van der Waals surface area contributed by atoms with E-state index in [0.29, 0.717) is 5.88 Å². The van der Waals surface area contributed by atoms with Crippen LogP contribution in [0, 0.1) is 0 Å². The summed E-state index contributed by atoms with van der Waals surface area (Å²) < 4.78 is 0. The first kappa shape index (κ1) is 7.60. The Morgan fingerprint density at radius 2 is 2.29 bits per heavy atom. The minimum absolute atomic E-state index is 0.0818. The van der Waals surface area contributed by atoms with Crippen molar-refractivity contribution in [3.05, 3.63) is 0 Å². The second kappa shape index (κ2) is 3.58. The highest BCUT2D eigenvalue weighted by molar-refractivity contribution is 7.81. The molecule has 0 heterocycles. The molecule has 0 aliphatic carbocycles. The van der Waals surface area contributed by atoms with E-state index >= 15 is 0 Å². The van der Waals surface area contributed by atoms with Gasteiger partial charge in [-0.05, 0) is 6.92 Å². The molecule has 0 aliphatic heterocycles. The van der Waals surface area contributed by atoms with Crippen molar-refractivity contribution in [1.82, 2.24) is 0 Å². The van der Waals surface area contributed by atoms with E-state index in [-0.39, 0.29) is 5.25 Å². The van der Waals surface area contributed by atoms with Gasteiger partial charge in [0.25, 0.3) is 0 Å². The summed E-state index contributed by atoms with van der Waals surface area (Å²) in [5, 5.41) is 8.58. The molecule has 0 aromatic carbocycles. The quantitative estimate of drug-likeness (QED) is 0.432. The number of rotatable bonds is 2. The summed E-state index contributed by atoms with van der Waals surface area (Å²) in [6.45, 7) is 1.67. The third-order valence-electron chi connectivity index (χ3n) is 0.715. The molecule has 1 nitrogen and oxygen atoms in total. The van der Waals surface area contributed by atoms with E-state index in [0.717, 1.165) is 0 Å². The smallest absolute Gasteiger partial charge is 0.0639 e. The highest BCUT2D eigenvalue weighted by atomic mass is 35.5. The van der Waals surface area contributed by atoms with Crippen LogP contribution in [0.5, 0.6) is 0 Å². The molecule has 0 fully saturated rings. The van der Waals surface area contributed by atoms with Crippen LogP contribution in [0.1, 0.15) is 6.92 Å². The van der Waals surface area contributed by atoms with Gasteiger partial charge in [0, 0.05) is 11.1 Å². The molecule has 0 spiro atoms. The van der Waals surface area contributed by atoms with Gasteiger partial charge in [-0.2, -0.15) is 12.6 Å². The molecule has 0 aliphatic rings. The van der Waals surface area contributed by atoms with Crippen LogP contribution in [-0.2, 0) is 0 Å². The lowest BCUT2D eigenvalue weighted by molar-refractivity contribution is 0.198. The number of aliphatic hydroxyl groups excluding tert-OH is 1. The Labute approximate surface area is 54.1 Å². The zero-order valence-electron chi connectivity index (χ0n) is 4.13. The molecule has 0 bridgehead atoms. The second-order valence-corrected chi connectivity index (χ2v) is 2.43. The van der Waals surface area contributed by atoms with Crippen molar-refractivity contribution in [3.8, 4) is 0 Å². The van der Waals surface area contributed by atoms with Crippen LogP contribution in [0.3, 0.4) is 0 Å². The van der Waals surface area contributed by atoms with Gasteiger partial charge >= 0.3 is 0 Å². The maximum atomic E-state index is 8.66. The summed E-state index contributed by atoms with van der Waals surface area (Å²) in [4.78, 5) is 0. The summed E-state index contributed by atoms with van der Waals surface area (Å²) in [6.07, 6.45) is -0.402. The second-order valence-electron chi connectivity index (χ2n) is 1.46. The molecule has 44 valence electrons. The van der Waals surface area contributed by atoms with Gasteiger partial charge in [-0.1, -0.05) is 0 Å². The fourth-order valence-corrected chi connectivity index (χ4v) is 0.387. The topological polar surface area (TPSA) is 20.2 Å². The van der Waals surface area contributed by atoms with E-state index in [1.54, 1.807) is 6.92 Å². The predicted molar refractivity (Wildman–Crippen MR) is 35.2 cm³/mol. The lowest BCUT2D eigenvalue weighted by Gasteiger charge is -2.07. The molecule has 7 heavy (non-hydrogen) atoms. The lowest BCUT2D eigenvalue weighted by atomic mass is 10.3. The van der Waals surface area contributed by atoms with E-state index < -0.39 is 6.10 Å². The predicted octanol–water partition coefficient (Wildman–Crippen LogP) is 0.904. The number of alkyl halides is 1. The van der Waals surface area contributed by atoms with Crippen molar-refractivity contribution in [3.63, 3.8) is 0 Å². The first-order valence-corrected chi connectivity index (χ1v) is 3.15. The van der Waals surface area contributed by atoms with Gasteiger partial charge in [-0.3, -0.25) is 0 Å². The summed E-state index contributed by atoms with van der Waals surface area (Å²) in [6, 6.07) is 0. The Morgan fingerprint density at radius 1 is 1.86 bits per heavy atom. The molecular formula is C4H9ClOS. The highest BCUT2D eigenvalue weighted by Crippen LogP contribution is 2.02. The third-order valence-corrected chi connectivity index (χ3v) is 1.88.